The summed E-state index contributed by atoms with van der Waals surface area (Å²) in [7, 11) is 0. The molecular formula is C10H19N3O. The van der Waals surface area contributed by atoms with Crippen molar-refractivity contribution in [3.63, 3.8) is 0 Å². The second kappa shape index (κ2) is 6.54. The topological polar surface area (TPSA) is 42.2 Å². The molecule has 2 rings (SSSR count). The lowest BCUT2D eigenvalue weighted by molar-refractivity contribution is 0.298. The first-order valence-electron chi connectivity index (χ1n) is 5.20. The van der Waals surface area contributed by atoms with Crippen LogP contribution >= 0.6 is 0 Å². The number of rotatable bonds is 2. The molecule has 0 radical (unpaired) electrons. The second-order valence-corrected chi connectivity index (χ2v) is 3.98. The first-order chi connectivity index (χ1) is 6.79. The molecule has 0 N–H and O–H groups in total. The SMILES string of the molecule is CC(C)CN1CCCC1.c1ncon1. The lowest BCUT2D eigenvalue weighted by Crippen LogP contribution is -2.23. The monoisotopic (exact) mass is 197 g/mol. The van der Waals surface area contributed by atoms with Crippen molar-refractivity contribution in [2.24, 2.45) is 5.92 Å². The van der Waals surface area contributed by atoms with Crippen LogP contribution in [0.3, 0.4) is 0 Å². The number of likely N-dealkylation sites (tertiary alicyclic amines) is 1. The number of hydrogen-bond acceptors (Lipinski definition) is 4. The molecule has 0 aromatic carbocycles. The maximum absolute atomic E-state index is 4.22. The number of nitrogens with zero attached hydrogens (tertiary/aromatic N) is 3. The van der Waals surface area contributed by atoms with Crippen molar-refractivity contribution < 1.29 is 4.52 Å². The molecular weight excluding hydrogens is 178 g/mol. The number of hydrogen-bond donors (Lipinski definition) is 0. The molecule has 1 aliphatic heterocycles. The van der Waals surface area contributed by atoms with E-state index in [1.807, 2.05) is 0 Å². The average molecular weight is 197 g/mol. The molecule has 14 heavy (non-hydrogen) atoms. The highest BCUT2D eigenvalue weighted by Crippen LogP contribution is 2.09. The van der Waals surface area contributed by atoms with E-state index in [-0.39, 0.29) is 0 Å². The van der Waals surface area contributed by atoms with Crippen LogP contribution in [-0.2, 0) is 0 Å². The summed E-state index contributed by atoms with van der Waals surface area (Å²) < 4.78 is 4.22. The van der Waals surface area contributed by atoms with Gasteiger partial charge in [0.05, 0.1) is 0 Å². The van der Waals surface area contributed by atoms with Crippen LogP contribution < -0.4 is 0 Å². The summed E-state index contributed by atoms with van der Waals surface area (Å²) in [4.78, 5) is 6.00. The van der Waals surface area contributed by atoms with Gasteiger partial charge in [-0.15, -0.1) is 0 Å². The Morgan fingerprint density at radius 3 is 2.43 bits per heavy atom. The van der Waals surface area contributed by atoms with Gasteiger partial charge in [-0.1, -0.05) is 19.0 Å². The van der Waals surface area contributed by atoms with Crippen LogP contribution in [0.5, 0.6) is 0 Å². The summed E-state index contributed by atoms with van der Waals surface area (Å²) in [6, 6.07) is 0. The average Bonchev–Trinajstić information content (AvgIpc) is 2.75. The summed E-state index contributed by atoms with van der Waals surface area (Å²) in [6.07, 6.45) is 5.44. The quantitative estimate of drug-likeness (QED) is 0.725. The Labute approximate surface area is 85.3 Å². The van der Waals surface area contributed by atoms with Gasteiger partial charge in [-0.2, -0.15) is 0 Å². The van der Waals surface area contributed by atoms with E-state index in [1.165, 1.54) is 45.2 Å². The van der Waals surface area contributed by atoms with Crippen LogP contribution in [0.1, 0.15) is 26.7 Å². The van der Waals surface area contributed by atoms with Crippen molar-refractivity contribution in [2.45, 2.75) is 26.7 Å². The summed E-state index contributed by atoms with van der Waals surface area (Å²) in [5, 5.41) is 3.24. The minimum Gasteiger partial charge on any atom is -0.343 e. The molecule has 0 atom stereocenters. The lowest BCUT2D eigenvalue weighted by atomic mass is 10.2. The summed E-state index contributed by atoms with van der Waals surface area (Å²) in [6.45, 7) is 8.58. The fourth-order valence-corrected chi connectivity index (χ4v) is 1.62. The van der Waals surface area contributed by atoms with E-state index >= 15 is 0 Å². The van der Waals surface area contributed by atoms with Gasteiger partial charge in [0.2, 0.25) is 6.39 Å². The Morgan fingerprint density at radius 1 is 1.36 bits per heavy atom. The van der Waals surface area contributed by atoms with Crippen molar-refractivity contribution in [3.8, 4) is 0 Å². The zero-order valence-electron chi connectivity index (χ0n) is 9.02. The van der Waals surface area contributed by atoms with Gasteiger partial charge in [0.1, 0.15) is 0 Å². The van der Waals surface area contributed by atoms with Gasteiger partial charge in [-0.3, -0.25) is 0 Å². The van der Waals surface area contributed by atoms with Gasteiger partial charge in [0, 0.05) is 6.54 Å². The normalized spacial score (nSPS) is 16.8. The van der Waals surface area contributed by atoms with Crippen LogP contribution in [0.4, 0.5) is 0 Å². The molecule has 4 nitrogen and oxygen atoms in total. The lowest BCUT2D eigenvalue weighted by Gasteiger charge is -2.16. The van der Waals surface area contributed by atoms with E-state index in [2.05, 4.69) is 33.4 Å². The molecule has 1 fully saturated rings. The smallest absolute Gasteiger partial charge is 0.213 e. The highest BCUT2D eigenvalue weighted by atomic mass is 16.5. The Morgan fingerprint density at radius 2 is 2.07 bits per heavy atom. The Hall–Kier alpha value is -0.900. The molecule has 1 saturated heterocycles. The molecule has 0 aliphatic carbocycles. The minimum atomic E-state index is 0.850. The zero-order chi connectivity index (χ0) is 10.2. The second-order valence-electron chi connectivity index (χ2n) is 3.98. The van der Waals surface area contributed by atoms with Crippen LogP contribution in [-0.4, -0.2) is 34.7 Å². The van der Waals surface area contributed by atoms with Crippen molar-refractivity contribution >= 4 is 0 Å². The van der Waals surface area contributed by atoms with Gasteiger partial charge >= 0.3 is 0 Å². The van der Waals surface area contributed by atoms with Crippen molar-refractivity contribution in [1.29, 1.82) is 0 Å². The molecule has 1 aromatic heterocycles. The summed E-state index contributed by atoms with van der Waals surface area (Å²) in [5.74, 6) is 0.850. The van der Waals surface area contributed by atoms with Gasteiger partial charge in [0.25, 0.3) is 0 Å². The summed E-state index contributed by atoms with van der Waals surface area (Å²) in [5.41, 5.74) is 0. The standard InChI is InChI=1S/C8H17N.C2H2N2O/c1-8(2)7-9-5-3-4-6-9;1-3-2-5-4-1/h8H,3-7H2,1-2H3;1-2H. The molecule has 0 spiro atoms. The minimum absolute atomic E-state index is 0.850. The van der Waals surface area contributed by atoms with E-state index in [1.54, 1.807) is 0 Å². The van der Waals surface area contributed by atoms with Gasteiger partial charge < -0.3 is 9.42 Å². The summed E-state index contributed by atoms with van der Waals surface area (Å²) >= 11 is 0. The third-order valence-corrected chi connectivity index (χ3v) is 2.10. The molecule has 0 saturated carbocycles. The van der Waals surface area contributed by atoms with Crippen LogP contribution in [0.15, 0.2) is 17.2 Å². The highest BCUT2D eigenvalue weighted by Gasteiger charge is 2.11. The third kappa shape index (κ3) is 4.97. The predicted molar refractivity (Wildman–Crippen MR) is 54.8 cm³/mol. The Balaban J connectivity index is 0.000000165. The van der Waals surface area contributed by atoms with E-state index in [0.29, 0.717) is 0 Å². The first-order valence-corrected chi connectivity index (χ1v) is 5.20. The molecule has 0 unspecified atom stereocenters. The van der Waals surface area contributed by atoms with Crippen molar-refractivity contribution in [3.05, 3.63) is 12.7 Å². The van der Waals surface area contributed by atoms with E-state index in [0.717, 1.165) is 5.92 Å². The fraction of sp³-hybridized carbons (Fsp3) is 0.800. The predicted octanol–water partition coefficient (Wildman–Crippen LogP) is 1.81. The van der Waals surface area contributed by atoms with Crippen LogP contribution in [0.2, 0.25) is 0 Å². The molecule has 4 heteroatoms. The van der Waals surface area contributed by atoms with Crippen molar-refractivity contribution in [1.82, 2.24) is 15.0 Å². The fourth-order valence-electron chi connectivity index (χ4n) is 1.62. The van der Waals surface area contributed by atoms with Gasteiger partial charge in [0.15, 0.2) is 6.33 Å². The molecule has 0 amide bonds. The highest BCUT2D eigenvalue weighted by molar-refractivity contribution is 4.66. The maximum atomic E-state index is 4.22. The molecule has 1 aliphatic rings. The van der Waals surface area contributed by atoms with Crippen LogP contribution in [0, 0.1) is 5.92 Å². The third-order valence-electron chi connectivity index (χ3n) is 2.10. The zero-order valence-corrected chi connectivity index (χ0v) is 9.02. The Bertz CT molecular complexity index is 188. The van der Waals surface area contributed by atoms with Crippen LogP contribution in [0.25, 0.3) is 0 Å². The molecule has 2 heterocycles. The van der Waals surface area contributed by atoms with E-state index < -0.39 is 0 Å². The molecule has 0 bridgehead atoms. The molecule has 80 valence electrons. The maximum Gasteiger partial charge on any atom is 0.213 e. The largest absolute Gasteiger partial charge is 0.343 e. The Kier molecular flexibility index (Phi) is 5.22. The van der Waals surface area contributed by atoms with E-state index in [9.17, 15) is 0 Å². The first kappa shape index (κ1) is 11.2. The van der Waals surface area contributed by atoms with E-state index in [4.69, 9.17) is 0 Å². The van der Waals surface area contributed by atoms with Crippen molar-refractivity contribution in [2.75, 3.05) is 19.6 Å². The van der Waals surface area contributed by atoms with Gasteiger partial charge in [-0.25, -0.2) is 4.98 Å². The number of aromatic nitrogens is 2. The molecule has 1 aromatic rings. The van der Waals surface area contributed by atoms with Gasteiger partial charge in [-0.05, 0) is 31.8 Å².